The molecule has 0 spiro atoms. The molecule has 1 heterocycles. The van der Waals surface area contributed by atoms with Crippen molar-refractivity contribution < 1.29 is 18.8 Å². The minimum absolute atomic E-state index is 0.362. The van der Waals surface area contributed by atoms with E-state index in [1.807, 2.05) is 52.8 Å². The van der Waals surface area contributed by atoms with E-state index >= 15 is 0 Å². The van der Waals surface area contributed by atoms with E-state index in [-0.39, 0.29) is 11.2 Å². The van der Waals surface area contributed by atoms with Gasteiger partial charge in [-0.05, 0) is 46.2 Å². The van der Waals surface area contributed by atoms with Crippen molar-refractivity contribution >= 4 is 12.6 Å². The van der Waals surface area contributed by atoms with E-state index in [1.165, 1.54) is 0 Å². The van der Waals surface area contributed by atoms with Crippen LogP contribution in [0.5, 0.6) is 5.75 Å². The van der Waals surface area contributed by atoms with Crippen molar-refractivity contribution in [2.24, 2.45) is 0 Å². The summed E-state index contributed by atoms with van der Waals surface area (Å²) in [5, 5.41) is 0. The van der Waals surface area contributed by atoms with Gasteiger partial charge in [-0.15, -0.1) is 0 Å². The predicted molar refractivity (Wildman–Crippen MR) is 84.0 cm³/mol. The largest absolute Gasteiger partial charge is 0.498 e. The van der Waals surface area contributed by atoms with Crippen molar-refractivity contribution in [1.29, 1.82) is 0 Å². The minimum Gasteiger partial charge on any atom is -0.497 e. The minimum atomic E-state index is -0.425. The van der Waals surface area contributed by atoms with Gasteiger partial charge in [-0.1, -0.05) is 12.1 Å². The molecule has 0 saturated carbocycles. The smallest absolute Gasteiger partial charge is 0.497 e. The Bertz CT molecular complexity index is 483. The molecule has 2 rings (SSSR count). The monoisotopic (exact) mass is 292 g/mol. The molecule has 4 nitrogen and oxygen atoms in total. The van der Waals surface area contributed by atoms with Crippen molar-refractivity contribution in [3.05, 3.63) is 23.8 Å². The summed E-state index contributed by atoms with van der Waals surface area (Å²) < 4.78 is 23.1. The maximum atomic E-state index is 6.11. The molecule has 0 radical (unpaired) electrons. The van der Waals surface area contributed by atoms with Gasteiger partial charge < -0.3 is 18.8 Å². The van der Waals surface area contributed by atoms with E-state index in [2.05, 4.69) is 0 Å². The Balaban J connectivity index is 2.30. The van der Waals surface area contributed by atoms with Crippen LogP contribution in [-0.4, -0.2) is 32.0 Å². The Morgan fingerprint density at radius 2 is 1.71 bits per heavy atom. The van der Waals surface area contributed by atoms with E-state index in [0.29, 0.717) is 13.2 Å². The van der Waals surface area contributed by atoms with E-state index in [1.54, 1.807) is 7.11 Å². The van der Waals surface area contributed by atoms with E-state index in [4.69, 9.17) is 18.8 Å². The Morgan fingerprint density at radius 1 is 1.10 bits per heavy atom. The number of hydrogen-bond acceptors (Lipinski definition) is 4. The van der Waals surface area contributed by atoms with E-state index in [9.17, 15) is 0 Å². The summed E-state index contributed by atoms with van der Waals surface area (Å²) >= 11 is 0. The maximum Gasteiger partial charge on any atom is 0.498 e. The molecule has 1 aliphatic heterocycles. The number of benzene rings is 1. The van der Waals surface area contributed by atoms with Crippen LogP contribution in [0, 0.1) is 0 Å². The quantitative estimate of drug-likeness (QED) is 0.782. The lowest BCUT2D eigenvalue weighted by atomic mass is 9.77. The zero-order chi connectivity index (χ0) is 15.7. The van der Waals surface area contributed by atoms with Gasteiger partial charge in [0.1, 0.15) is 5.75 Å². The Morgan fingerprint density at radius 3 is 2.24 bits per heavy atom. The van der Waals surface area contributed by atoms with Gasteiger partial charge in [-0.2, -0.15) is 0 Å². The van der Waals surface area contributed by atoms with Gasteiger partial charge in [0.25, 0.3) is 0 Å². The average molecular weight is 292 g/mol. The number of methoxy groups -OCH3 is 1. The lowest BCUT2D eigenvalue weighted by Gasteiger charge is -2.32. The van der Waals surface area contributed by atoms with Gasteiger partial charge in [0, 0.05) is 12.1 Å². The highest BCUT2D eigenvalue weighted by Crippen LogP contribution is 2.37. The Kier molecular flexibility index (Phi) is 4.66. The zero-order valence-corrected chi connectivity index (χ0v) is 13.9. The molecule has 1 fully saturated rings. The predicted octanol–water partition coefficient (Wildman–Crippen LogP) is 2.53. The molecule has 0 amide bonds. The van der Waals surface area contributed by atoms with Crippen LogP contribution in [-0.2, 0) is 20.7 Å². The number of hydrogen-bond donors (Lipinski definition) is 0. The summed E-state index contributed by atoms with van der Waals surface area (Å²) in [4.78, 5) is 0. The van der Waals surface area contributed by atoms with Gasteiger partial charge in [0.2, 0.25) is 0 Å². The standard InChI is InChI=1S/C16H25BO4/c1-7-19-11-12-8-9-14(18-6)13(10-12)17-20-15(2,3)16(4,5)21-17/h8-10H,7,11H2,1-6H3. The van der Waals surface area contributed by atoms with Gasteiger partial charge in [-0.3, -0.25) is 0 Å². The molecule has 1 aromatic rings. The first kappa shape index (κ1) is 16.3. The third-order valence-corrected chi connectivity index (χ3v) is 4.27. The number of rotatable bonds is 5. The van der Waals surface area contributed by atoms with Crippen LogP contribution >= 0.6 is 0 Å². The van der Waals surface area contributed by atoms with Crippen molar-refractivity contribution in [2.45, 2.75) is 52.4 Å². The molecule has 116 valence electrons. The van der Waals surface area contributed by atoms with Crippen LogP contribution in [0.25, 0.3) is 0 Å². The summed E-state index contributed by atoms with van der Waals surface area (Å²) in [7, 11) is 1.23. The van der Waals surface area contributed by atoms with Crippen molar-refractivity contribution in [3.63, 3.8) is 0 Å². The molecule has 0 atom stereocenters. The molecule has 1 aromatic carbocycles. The fraction of sp³-hybridized carbons (Fsp3) is 0.625. The van der Waals surface area contributed by atoms with Gasteiger partial charge >= 0.3 is 7.12 Å². The molecule has 1 saturated heterocycles. The van der Waals surface area contributed by atoms with E-state index in [0.717, 1.165) is 16.8 Å². The lowest BCUT2D eigenvalue weighted by molar-refractivity contribution is 0.00578. The second-order valence-electron chi connectivity index (χ2n) is 6.30. The molecule has 0 aliphatic carbocycles. The molecule has 1 aliphatic rings. The third-order valence-electron chi connectivity index (χ3n) is 4.27. The fourth-order valence-electron chi connectivity index (χ4n) is 2.25. The topological polar surface area (TPSA) is 36.9 Å². The molecule has 0 unspecified atom stereocenters. The Hall–Kier alpha value is -1.04. The summed E-state index contributed by atoms with van der Waals surface area (Å²) in [6.07, 6.45) is 0. The Labute approximate surface area is 127 Å². The number of ether oxygens (including phenoxy) is 2. The fourth-order valence-corrected chi connectivity index (χ4v) is 2.25. The van der Waals surface area contributed by atoms with Gasteiger partial charge in [0.15, 0.2) is 0 Å². The third kappa shape index (κ3) is 3.25. The van der Waals surface area contributed by atoms with Crippen molar-refractivity contribution in [2.75, 3.05) is 13.7 Å². The molecule has 0 bridgehead atoms. The van der Waals surface area contributed by atoms with E-state index < -0.39 is 7.12 Å². The lowest BCUT2D eigenvalue weighted by Crippen LogP contribution is -2.41. The summed E-state index contributed by atoms with van der Waals surface area (Å²) in [5.74, 6) is 0.772. The van der Waals surface area contributed by atoms with Crippen LogP contribution in [0.1, 0.15) is 40.2 Å². The first-order chi connectivity index (χ1) is 9.80. The molecule has 0 N–H and O–H groups in total. The van der Waals surface area contributed by atoms with Crippen LogP contribution in [0.3, 0.4) is 0 Å². The van der Waals surface area contributed by atoms with Crippen LogP contribution < -0.4 is 10.2 Å². The highest BCUT2D eigenvalue weighted by atomic mass is 16.7. The van der Waals surface area contributed by atoms with Crippen molar-refractivity contribution in [3.8, 4) is 5.75 Å². The SMILES string of the molecule is CCOCc1ccc(OC)c(B2OC(C)(C)C(C)(C)O2)c1. The van der Waals surface area contributed by atoms with Crippen molar-refractivity contribution in [1.82, 2.24) is 0 Å². The average Bonchev–Trinajstić information content (AvgIpc) is 2.65. The molecular formula is C16H25BO4. The highest BCUT2D eigenvalue weighted by molar-refractivity contribution is 6.63. The van der Waals surface area contributed by atoms with Gasteiger partial charge in [0.05, 0.1) is 24.9 Å². The first-order valence-corrected chi connectivity index (χ1v) is 7.41. The molecule has 21 heavy (non-hydrogen) atoms. The molecule has 0 aromatic heterocycles. The molecular weight excluding hydrogens is 267 g/mol. The summed E-state index contributed by atoms with van der Waals surface area (Å²) in [5.41, 5.74) is 1.27. The first-order valence-electron chi connectivity index (χ1n) is 7.41. The molecule has 5 heteroatoms. The summed E-state index contributed by atoms with van der Waals surface area (Å²) in [6.45, 7) is 11.4. The van der Waals surface area contributed by atoms with Gasteiger partial charge in [-0.25, -0.2) is 0 Å². The van der Waals surface area contributed by atoms with Crippen LogP contribution in [0.4, 0.5) is 0 Å². The highest BCUT2D eigenvalue weighted by Gasteiger charge is 2.52. The van der Waals surface area contributed by atoms with Crippen LogP contribution in [0.2, 0.25) is 0 Å². The second kappa shape index (κ2) is 5.99. The van der Waals surface area contributed by atoms with Crippen LogP contribution in [0.15, 0.2) is 18.2 Å². The second-order valence-corrected chi connectivity index (χ2v) is 6.30. The normalized spacial score (nSPS) is 19.8. The maximum absolute atomic E-state index is 6.11. The summed E-state index contributed by atoms with van der Waals surface area (Å²) in [6, 6.07) is 5.98. The zero-order valence-electron chi connectivity index (χ0n) is 13.9.